The Morgan fingerprint density at radius 1 is 1.32 bits per heavy atom. The maximum atomic E-state index is 13.5. The molecule has 1 saturated carbocycles. The van der Waals surface area contributed by atoms with Gasteiger partial charge in [-0.15, -0.1) is 0 Å². The number of imidazole rings is 1. The second kappa shape index (κ2) is 4.87. The van der Waals surface area contributed by atoms with Crippen LogP contribution in [0.1, 0.15) is 37.9 Å². The van der Waals surface area contributed by atoms with Gasteiger partial charge in [0.15, 0.2) is 0 Å². The first-order valence-electron chi connectivity index (χ1n) is 6.68. The molecule has 1 aliphatic carbocycles. The minimum Gasteiger partial charge on any atom is -0.342 e. The Bertz CT molecular complexity index is 563. The predicted octanol–water partition coefficient (Wildman–Crippen LogP) is 3.67. The van der Waals surface area contributed by atoms with Crippen LogP contribution in [0.15, 0.2) is 16.6 Å². The molecule has 5 heteroatoms. The van der Waals surface area contributed by atoms with Crippen molar-refractivity contribution in [2.75, 3.05) is 0 Å². The van der Waals surface area contributed by atoms with E-state index >= 15 is 0 Å². The molecule has 1 aromatic heterocycles. The first-order chi connectivity index (χ1) is 9.06. The molecule has 0 aliphatic heterocycles. The topological polar surface area (TPSA) is 54.7 Å². The third-order valence-electron chi connectivity index (χ3n) is 3.94. The number of aromatic amines is 1. The summed E-state index contributed by atoms with van der Waals surface area (Å²) < 4.78 is 13.9. The first kappa shape index (κ1) is 13.1. The molecule has 3 nitrogen and oxygen atoms in total. The van der Waals surface area contributed by atoms with Gasteiger partial charge in [0.1, 0.15) is 11.6 Å². The van der Waals surface area contributed by atoms with Crippen LogP contribution in [-0.4, -0.2) is 15.5 Å². The molecule has 3 N–H and O–H groups in total. The van der Waals surface area contributed by atoms with Crippen LogP contribution < -0.4 is 5.73 Å². The van der Waals surface area contributed by atoms with Gasteiger partial charge >= 0.3 is 0 Å². The van der Waals surface area contributed by atoms with Crippen LogP contribution >= 0.6 is 15.9 Å². The summed E-state index contributed by atoms with van der Waals surface area (Å²) in [5.41, 5.74) is 7.79. The number of nitrogens with zero attached hydrogens (tertiary/aromatic N) is 1. The van der Waals surface area contributed by atoms with E-state index in [1.165, 1.54) is 25.3 Å². The summed E-state index contributed by atoms with van der Waals surface area (Å²) in [5, 5.41) is 0. The number of nitrogens with one attached hydrogen (secondary N) is 1. The lowest BCUT2D eigenvalue weighted by Crippen LogP contribution is -2.44. The monoisotopic (exact) mass is 325 g/mol. The number of halogens is 2. The molecule has 0 spiro atoms. The van der Waals surface area contributed by atoms with Gasteiger partial charge in [0.05, 0.1) is 15.5 Å². The van der Waals surface area contributed by atoms with E-state index < -0.39 is 0 Å². The predicted molar refractivity (Wildman–Crippen MR) is 77.5 cm³/mol. The number of benzene rings is 1. The lowest BCUT2D eigenvalue weighted by atomic mass is 9.80. The summed E-state index contributed by atoms with van der Waals surface area (Å²) in [6.45, 7) is 0. The zero-order chi connectivity index (χ0) is 13.5. The highest BCUT2D eigenvalue weighted by atomic mass is 79.9. The van der Waals surface area contributed by atoms with Crippen LogP contribution in [0.5, 0.6) is 0 Å². The molecular weight excluding hydrogens is 309 g/mol. The second-order valence-electron chi connectivity index (χ2n) is 5.57. The van der Waals surface area contributed by atoms with Gasteiger partial charge in [-0.1, -0.05) is 19.3 Å². The molecule has 1 aromatic carbocycles. The maximum Gasteiger partial charge on any atom is 0.139 e. The van der Waals surface area contributed by atoms with E-state index in [-0.39, 0.29) is 11.4 Å². The van der Waals surface area contributed by atoms with E-state index in [2.05, 4.69) is 25.9 Å². The molecule has 102 valence electrons. The van der Waals surface area contributed by atoms with Gasteiger partial charge in [-0.25, -0.2) is 9.37 Å². The Balaban J connectivity index is 1.89. The summed E-state index contributed by atoms with van der Waals surface area (Å²) in [7, 11) is 0. The lowest BCUT2D eigenvalue weighted by Gasteiger charge is -2.32. The minimum atomic E-state index is -0.275. The molecule has 1 heterocycles. The summed E-state index contributed by atoms with van der Waals surface area (Å²) in [5.74, 6) is 0.583. The highest BCUT2D eigenvalue weighted by molar-refractivity contribution is 9.10. The van der Waals surface area contributed by atoms with Crippen molar-refractivity contribution in [2.24, 2.45) is 5.73 Å². The van der Waals surface area contributed by atoms with Crippen LogP contribution in [-0.2, 0) is 6.42 Å². The van der Waals surface area contributed by atoms with Crippen LogP contribution in [0.4, 0.5) is 4.39 Å². The van der Waals surface area contributed by atoms with E-state index in [1.54, 1.807) is 6.07 Å². The number of H-pyrrole nitrogens is 1. The van der Waals surface area contributed by atoms with Gasteiger partial charge in [0.25, 0.3) is 0 Å². The molecule has 1 fully saturated rings. The Kier molecular flexibility index (Phi) is 3.35. The van der Waals surface area contributed by atoms with Crippen LogP contribution in [0.3, 0.4) is 0 Å². The normalized spacial score (nSPS) is 18.9. The van der Waals surface area contributed by atoms with Crippen molar-refractivity contribution in [3.63, 3.8) is 0 Å². The molecule has 19 heavy (non-hydrogen) atoms. The summed E-state index contributed by atoms with van der Waals surface area (Å²) in [4.78, 5) is 7.71. The molecule has 2 aromatic rings. The number of aromatic nitrogens is 2. The number of hydrogen-bond donors (Lipinski definition) is 2. The molecule has 1 aliphatic rings. The fraction of sp³-hybridized carbons (Fsp3) is 0.500. The van der Waals surface area contributed by atoms with E-state index in [4.69, 9.17) is 5.73 Å². The summed E-state index contributed by atoms with van der Waals surface area (Å²) in [6.07, 6.45) is 6.48. The Morgan fingerprint density at radius 2 is 2.05 bits per heavy atom. The van der Waals surface area contributed by atoms with Gasteiger partial charge in [0.2, 0.25) is 0 Å². The highest BCUT2D eigenvalue weighted by Crippen LogP contribution is 2.29. The first-order valence-corrected chi connectivity index (χ1v) is 7.48. The molecule has 0 bridgehead atoms. The lowest BCUT2D eigenvalue weighted by molar-refractivity contribution is 0.290. The van der Waals surface area contributed by atoms with Crippen LogP contribution in [0.2, 0.25) is 0 Å². The third-order valence-corrected chi connectivity index (χ3v) is 4.55. The van der Waals surface area contributed by atoms with Gasteiger partial charge in [-0.2, -0.15) is 0 Å². The SMILES string of the molecule is NC1(Cc2nc3cc(Br)c(F)cc3[nH]2)CCCCC1. The van der Waals surface area contributed by atoms with Crippen LogP contribution in [0.25, 0.3) is 11.0 Å². The zero-order valence-electron chi connectivity index (χ0n) is 10.7. The van der Waals surface area contributed by atoms with Crippen LogP contribution in [0, 0.1) is 5.82 Å². The number of fused-ring (bicyclic) bond motifs is 1. The Labute approximate surface area is 119 Å². The van der Waals surface area contributed by atoms with Crippen molar-refractivity contribution in [3.05, 3.63) is 28.2 Å². The quantitative estimate of drug-likeness (QED) is 0.885. The van der Waals surface area contributed by atoms with Gasteiger partial charge < -0.3 is 10.7 Å². The van der Waals surface area contributed by atoms with Crippen molar-refractivity contribution in [3.8, 4) is 0 Å². The summed E-state index contributed by atoms with van der Waals surface area (Å²) in [6, 6.07) is 3.18. The zero-order valence-corrected chi connectivity index (χ0v) is 12.3. The molecule has 0 saturated heterocycles. The average molecular weight is 326 g/mol. The molecule has 3 rings (SSSR count). The van der Waals surface area contributed by atoms with Crippen molar-refractivity contribution in [1.82, 2.24) is 9.97 Å². The van der Waals surface area contributed by atoms with E-state index in [1.807, 2.05) is 0 Å². The minimum absolute atomic E-state index is 0.151. The standard InChI is InChI=1S/C14H17BrFN3/c15-9-6-11-12(7-10(9)16)19-13(18-11)8-14(17)4-2-1-3-5-14/h6-7H,1-5,8,17H2,(H,18,19). The van der Waals surface area contributed by atoms with Crippen molar-refractivity contribution in [2.45, 2.75) is 44.1 Å². The van der Waals surface area contributed by atoms with Crippen molar-refractivity contribution in [1.29, 1.82) is 0 Å². The second-order valence-corrected chi connectivity index (χ2v) is 6.42. The average Bonchev–Trinajstić information content (AvgIpc) is 2.71. The highest BCUT2D eigenvalue weighted by Gasteiger charge is 2.28. The fourth-order valence-corrected chi connectivity index (χ4v) is 3.24. The smallest absolute Gasteiger partial charge is 0.139 e. The molecular formula is C14H17BrFN3. The van der Waals surface area contributed by atoms with E-state index in [9.17, 15) is 4.39 Å². The van der Waals surface area contributed by atoms with E-state index in [0.29, 0.717) is 4.47 Å². The Morgan fingerprint density at radius 3 is 2.79 bits per heavy atom. The van der Waals surface area contributed by atoms with E-state index in [0.717, 1.165) is 36.1 Å². The Hall–Kier alpha value is -0.940. The van der Waals surface area contributed by atoms with Crippen molar-refractivity contribution < 1.29 is 4.39 Å². The number of rotatable bonds is 2. The molecule has 0 radical (unpaired) electrons. The van der Waals surface area contributed by atoms with Gasteiger partial charge in [-0.3, -0.25) is 0 Å². The number of hydrogen-bond acceptors (Lipinski definition) is 2. The number of nitrogens with two attached hydrogens (primary N) is 1. The van der Waals surface area contributed by atoms with Gasteiger partial charge in [0, 0.05) is 18.0 Å². The largest absolute Gasteiger partial charge is 0.342 e. The molecule has 0 atom stereocenters. The third kappa shape index (κ3) is 2.67. The molecule has 0 amide bonds. The summed E-state index contributed by atoms with van der Waals surface area (Å²) >= 11 is 3.18. The van der Waals surface area contributed by atoms with Gasteiger partial charge in [-0.05, 0) is 34.8 Å². The van der Waals surface area contributed by atoms with Crippen molar-refractivity contribution >= 4 is 27.0 Å². The fourth-order valence-electron chi connectivity index (χ4n) is 2.91. The maximum absolute atomic E-state index is 13.5. The molecule has 0 unspecified atom stereocenters.